The van der Waals surface area contributed by atoms with Crippen molar-refractivity contribution in [1.29, 1.82) is 0 Å². The Morgan fingerprint density at radius 3 is 2.14 bits per heavy atom. The summed E-state index contributed by atoms with van der Waals surface area (Å²) in [5.41, 5.74) is -2.94. The molecule has 1 atom stereocenters. The third-order valence-electron chi connectivity index (χ3n) is 7.55. The molecule has 1 saturated heterocycles. The molecule has 1 spiro atoms. The number of ether oxygens (including phenoxy) is 3. The van der Waals surface area contributed by atoms with Gasteiger partial charge in [0.2, 0.25) is 30.2 Å². The van der Waals surface area contributed by atoms with Crippen LogP contribution >= 0.6 is 15.9 Å². The first-order valence-corrected chi connectivity index (χ1v) is 11.9. The fraction of sp³-hybridized carbons (Fsp3) is 0.435. The maximum absolute atomic E-state index is 13.9. The van der Waals surface area contributed by atoms with Gasteiger partial charge in [0.05, 0.1) is 17.1 Å². The van der Waals surface area contributed by atoms with Gasteiger partial charge >= 0.3 is 11.7 Å². The van der Waals surface area contributed by atoms with Crippen LogP contribution in [0.1, 0.15) is 22.6 Å². The van der Waals surface area contributed by atoms with Crippen LogP contribution in [-0.2, 0) is 36.5 Å². The summed E-state index contributed by atoms with van der Waals surface area (Å²) >= 11 is 3.53. The average Bonchev–Trinajstić information content (AvgIpc) is 3.38. The molecule has 196 valence electrons. The maximum Gasteiger partial charge on any atom is 0.333 e. The largest absolute Gasteiger partial charge is 0.494 e. The van der Waals surface area contributed by atoms with E-state index < -0.39 is 46.3 Å². The molecular weight excluding hydrogens is 556 g/mol. The number of aromatic nitrogens is 2. The van der Waals surface area contributed by atoms with Crippen LogP contribution in [0.4, 0.5) is 4.79 Å². The zero-order valence-corrected chi connectivity index (χ0v) is 22.2. The van der Waals surface area contributed by atoms with Gasteiger partial charge in [-0.05, 0) is 27.9 Å². The highest BCUT2D eigenvalue weighted by Gasteiger charge is 2.63. The molecule has 1 fully saturated rings. The van der Waals surface area contributed by atoms with Crippen LogP contribution in [0.2, 0.25) is 0 Å². The Balaban J connectivity index is 1.90. The average molecular weight is 579 g/mol. The Hall–Kier alpha value is -3.81. The van der Waals surface area contributed by atoms with E-state index in [0.29, 0.717) is 21.3 Å². The summed E-state index contributed by atoms with van der Waals surface area (Å²) in [6.45, 7) is -0.0816. The smallest absolute Gasteiger partial charge is 0.333 e. The number of urea groups is 1. The van der Waals surface area contributed by atoms with Gasteiger partial charge in [-0.15, -0.1) is 0 Å². The van der Waals surface area contributed by atoms with Crippen molar-refractivity contribution in [2.45, 2.75) is 18.8 Å². The van der Waals surface area contributed by atoms with Crippen molar-refractivity contribution < 1.29 is 33.7 Å². The second-order valence-electron chi connectivity index (χ2n) is 9.23. The number of rotatable bonds is 2. The lowest BCUT2D eigenvalue weighted by Crippen LogP contribution is -2.67. The number of aromatic hydroxyl groups is 1. The standard InChI is InChI=1S/C23H23BrN4O9/c1-25-17(29)12(18(30)26(2)21(25)33)11-6-9-10(14(35-5)16-15(13(9)24)36-8-37-16)7-23(11)19(31)27(3)22(34)28(4)20(23)32/h11,29H,6-8H2,1-5H3. The molecule has 1 aromatic carbocycles. The van der Waals surface area contributed by atoms with Gasteiger partial charge in [0.1, 0.15) is 5.41 Å². The molecule has 1 aliphatic carbocycles. The zero-order valence-electron chi connectivity index (χ0n) is 20.6. The quantitative estimate of drug-likeness (QED) is 0.493. The number of hydrogen-bond acceptors (Lipinski definition) is 9. The molecule has 0 saturated carbocycles. The van der Waals surface area contributed by atoms with Crippen LogP contribution in [0.3, 0.4) is 0 Å². The van der Waals surface area contributed by atoms with Crippen LogP contribution in [0.5, 0.6) is 23.1 Å². The fourth-order valence-electron chi connectivity index (χ4n) is 5.60. The van der Waals surface area contributed by atoms with Crippen molar-refractivity contribution in [3.8, 4) is 23.1 Å². The third kappa shape index (κ3) is 2.98. The molecule has 1 unspecified atom stereocenters. The van der Waals surface area contributed by atoms with Crippen LogP contribution < -0.4 is 25.5 Å². The molecule has 4 amide bonds. The van der Waals surface area contributed by atoms with E-state index >= 15 is 0 Å². The number of imide groups is 2. The molecular formula is C23H23BrN4O9. The number of carbonyl (C=O) groups is 3. The lowest BCUT2D eigenvalue weighted by atomic mass is 9.60. The van der Waals surface area contributed by atoms with E-state index in [1.807, 2.05) is 0 Å². The highest BCUT2D eigenvalue weighted by molar-refractivity contribution is 9.10. The van der Waals surface area contributed by atoms with Gasteiger partial charge in [-0.25, -0.2) is 9.59 Å². The Morgan fingerprint density at radius 1 is 0.946 bits per heavy atom. The van der Waals surface area contributed by atoms with E-state index in [1.165, 1.54) is 35.3 Å². The van der Waals surface area contributed by atoms with Crippen LogP contribution in [0.25, 0.3) is 0 Å². The van der Waals surface area contributed by atoms with Crippen LogP contribution in [-0.4, -0.2) is 69.9 Å². The number of benzene rings is 1. The van der Waals surface area contributed by atoms with E-state index in [4.69, 9.17) is 14.2 Å². The number of barbiturate groups is 1. The van der Waals surface area contributed by atoms with Crippen molar-refractivity contribution in [1.82, 2.24) is 18.9 Å². The fourth-order valence-corrected chi connectivity index (χ4v) is 6.30. The highest BCUT2D eigenvalue weighted by atomic mass is 79.9. The normalized spacial score (nSPS) is 20.1. The van der Waals surface area contributed by atoms with Crippen LogP contribution in [0, 0.1) is 5.41 Å². The Bertz CT molecular complexity index is 1520. The van der Waals surface area contributed by atoms with Crippen molar-refractivity contribution >= 4 is 33.8 Å². The van der Waals surface area contributed by atoms with Crippen molar-refractivity contribution in [3.63, 3.8) is 0 Å². The van der Waals surface area contributed by atoms with Gasteiger partial charge in [-0.3, -0.25) is 33.3 Å². The number of amides is 4. The van der Waals surface area contributed by atoms with Crippen molar-refractivity contribution in [3.05, 3.63) is 42.0 Å². The molecule has 5 rings (SSSR count). The molecule has 2 aromatic rings. The summed E-state index contributed by atoms with van der Waals surface area (Å²) in [5.74, 6) is -2.73. The number of methoxy groups -OCH3 is 1. The number of carbonyl (C=O) groups excluding carboxylic acids is 3. The minimum atomic E-state index is -2.02. The van der Waals surface area contributed by atoms with Gasteiger partial charge in [0.15, 0.2) is 11.5 Å². The molecule has 14 heteroatoms. The number of halogens is 1. The summed E-state index contributed by atoms with van der Waals surface area (Å²) < 4.78 is 19.0. The molecule has 1 N–H and O–H groups in total. The summed E-state index contributed by atoms with van der Waals surface area (Å²) in [5, 5.41) is 11.0. The molecule has 0 radical (unpaired) electrons. The molecule has 13 nitrogen and oxygen atoms in total. The molecule has 3 aliphatic rings. The molecule has 2 aliphatic heterocycles. The van der Waals surface area contributed by atoms with Gasteiger partial charge in [-0.2, -0.15) is 0 Å². The van der Waals surface area contributed by atoms with Gasteiger partial charge in [-0.1, -0.05) is 0 Å². The Labute approximate surface area is 217 Å². The lowest BCUT2D eigenvalue weighted by molar-refractivity contribution is -0.159. The van der Waals surface area contributed by atoms with Gasteiger partial charge in [0, 0.05) is 46.1 Å². The monoisotopic (exact) mass is 578 g/mol. The third-order valence-corrected chi connectivity index (χ3v) is 8.39. The van der Waals surface area contributed by atoms with E-state index in [-0.39, 0.29) is 36.7 Å². The van der Waals surface area contributed by atoms with E-state index in [2.05, 4.69) is 15.9 Å². The predicted molar refractivity (Wildman–Crippen MR) is 129 cm³/mol. The summed E-state index contributed by atoms with van der Waals surface area (Å²) in [7, 11) is 6.40. The SMILES string of the molecule is COc1c2c(c(Br)c3c1OCO3)CC(c1c(O)n(C)c(=O)n(C)c1=O)C1(C2)C(=O)N(C)C(=O)N(C)C1=O. The maximum atomic E-state index is 13.9. The van der Waals surface area contributed by atoms with Crippen molar-refractivity contribution in [2.24, 2.45) is 19.5 Å². The molecule has 37 heavy (non-hydrogen) atoms. The highest BCUT2D eigenvalue weighted by Crippen LogP contribution is 2.58. The molecule has 1 aromatic heterocycles. The van der Waals surface area contributed by atoms with Crippen molar-refractivity contribution in [2.75, 3.05) is 28.0 Å². The predicted octanol–water partition coefficient (Wildman–Crippen LogP) is 0.209. The second kappa shape index (κ2) is 8.10. The zero-order chi connectivity index (χ0) is 27.1. The minimum Gasteiger partial charge on any atom is -0.494 e. The molecule has 3 heterocycles. The number of hydrogen-bond donors (Lipinski definition) is 1. The van der Waals surface area contributed by atoms with Gasteiger partial charge < -0.3 is 19.3 Å². The van der Waals surface area contributed by atoms with E-state index in [9.17, 15) is 29.1 Å². The Morgan fingerprint density at radius 2 is 1.54 bits per heavy atom. The summed E-state index contributed by atoms with van der Waals surface area (Å²) in [6.07, 6.45) is -0.395. The first kappa shape index (κ1) is 24.9. The summed E-state index contributed by atoms with van der Waals surface area (Å²) in [4.78, 5) is 68.0. The molecule has 0 bridgehead atoms. The first-order valence-electron chi connectivity index (χ1n) is 11.2. The lowest BCUT2D eigenvalue weighted by Gasteiger charge is -2.48. The number of fused-ring (bicyclic) bond motifs is 2. The minimum absolute atomic E-state index is 0.0816. The Kier molecular flexibility index (Phi) is 5.44. The van der Waals surface area contributed by atoms with E-state index in [1.54, 1.807) is 0 Å². The van der Waals surface area contributed by atoms with Gasteiger partial charge in [0.25, 0.3) is 5.56 Å². The van der Waals surface area contributed by atoms with E-state index in [0.717, 1.165) is 18.9 Å². The second-order valence-corrected chi connectivity index (χ2v) is 10.0. The van der Waals surface area contributed by atoms with Crippen LogP contribution in [0.15, 0.2) is 14.1 Å². The first-order chi connectivity index (χ1) is 17.4. The number of nitrogens with zero attached hydrogens (tertiary/aromatic N) is 4. The summed E-state index contributed by atoms with van der Waals surface area (Å²) in [6, 6.07) is -0.832. The topological polar surface area (TPSA) is 150 Å².